The second kappa shape index (κ2) is 5.71. The first-order chi connectivity index (χ1) is 7.17. The fourth-order valence-corrected chi connectivity index (χ4v) is 1.17. The van der Waals surface area contributed by atoms with Crippen LogP contribution in [0.3, 0.4) is 0 Å². The molecule has 4 heteroatoms. The van der Waals surface area contributed by atoms with Gasteiger partial charge >= 0.3 is 0 Å². The van der Waals surface area contributed by atoms with E-state index in [-0.39, 0.29) is 5.92 Å². The van der Waals surface area contributed by atoms with Gasteiger partial charge in [0.2, 0.25) is 5.88 Å². The second-order valence-corrected chi connectivity index (χ2v) is 3.71. The van der Waals surface area contributed by atoms with Gasteiger partial charge < -0.3 is 4.74 Å². The molecule has 0 saturated carbocycles. The van der Waals surface area contributed by atoms with Gasteiger partial charge in [0, 0.05) is 12.0 Å². The zero-order valence-electron chi connectivity index (χ0n) is 9.03. The van der Waals surface area contributed by atoms with E-state index < -0.39 is 0 Å². The van der Waals surface area contributed by atoms with Crippen LogP contribution in [-0.4, -0.2) is 16.6 Å². The predicted molar refractivity (Wildman–Crippen MR) is 61.4 cm³/mol. The number of nitrogens with zero attached hydrogens (tertiary/aromatic N) is 2. The van der Waals surface area contributed by atoms with Gasteiger partial charge in [0.25, 0.3) is 0 Å². The second-order valence-electron chi connectivity index (χ2n) is 3.44. The zero-order chi connectivity index (χ0) is 11.3. The Morgan fingerprint density at radius 2 is 2.27 bits per heavy atom. The molecule has 0 aliphatic heterocycles. The van der Waals surface area contributed by atoms with Crippen molar-refractivity contribution in [2.24, 2.45) is 0 Å². The highest BCUT2D eigenvalue weighted by atomic mass is 35.5. The van der Waals surface area contributed by atoms with E-state index in [1.54, 1.807) is 12.1 Å². The highest BCUT2D eigenvalue weighted by Gasteiger charge is 2.07. The third kappa shape index (κ3) is 3.51. The van der Waals surface area contributed by atoms with E-state index in [1.165, 1.54) is 0 Å². The van der Waals surface area contributed by atoms with Crippen molar-refractivity contribution in [3.8, 4) is 5.88 Å². The molecule has 0 radical (unpaired) electrons. The first-order valence-corrected chi connectivity index (χ1v) is 5.38. The van der Waals surface area contributed by atoms with E-state index >= 15 is 0 Å². The van der Waals surface area contributed by atoms with Gasteiger partial charge in [0.05, 0.1) is 11.6 Å². The van der Waals surface area contributed by atoms with E-state index in [0.717, 1.165) is 11.5 Å². The minimum atomic E-state index is 0.263. The van der Waals surface area contributed by atoms with E-state index in [4.69, 9.17) is 16.3 Å². The van der Waals surface area contributed by atoms with Gasteiger partial charge in [-0.15, -0.1) is 11.6 Å². The summed E-state index contributed by atoms with van der Waals surface area (Å²) in [6.07, 6.45) is 1.68. The highest BCUT2D eigenvalue weighted by molar-refractivity contribution is 6.16. The van der Waals surface area contributed by atoms with Crippen molar-refractivity contribution >= 4 is 11.6 Å². The highest BCUT2D eigenvalue weighted by Crippen LogP contribution is 2.16. The van der Waals surface area contributed by atoms with Crippen LogP contribution in [0.5, 0.6) is 5.88 Å². The molecule has 0 aliphatic rings. The van der Waals surface area contributed by atoms with Crippen LogP contribution in [-0.2, 0) is 5.88 Å². The van der Waals surface area contributed by atoms with Gasteiger partial charge in [-0.1, -0.05) is 26.5 Å². The molecule has 82 valence electrons. The maximum atomic E-state index is 5.74. The summed E-state index contributed by atoms with van der Waals surface area (Å²) in [6, 6.07) is 1.75. The molecule has 0 amide bonds. The lowest BCUT2D eigenvalue weighted by Gasteiger charge is -2.08. The fraction of sp³-hybridized carbons (Fsp3) is 0.455. The molecule has 0 bridgehead atoms. The van der Waals surface area contributed by atoms with Gasteiger partial charge in [-0.3, -0.25) is 0 Å². The van der Waals surface area contributed by atoms with Crippen molar-refractivity contribution in [3.05, 3.63) is 30.2 Å². The summed E-state index contributed by atoms with van der Waals surface area (Å²) in [7, 11) is 0. The average molecular weight is 227 g/mol. The molecular weight excluding hydrogens is 212 g/mol. The summed E-state index contributed by atoms with van der Waals surface area (Å²) < 4.78 is 5.36. The molecule has 1 aromatic heterocycles. The van der Waals surface area contributed by atoms with Crippen LogP contribution in [0.1, 0.15) is 31.3 Å². The van der Waals surface area contributed by atoms with Crippen LogP contribution < -0.4 is 4.74 Å². The minimum Gasteiger partial charge on any atom is -0.473 e. The number of alkyl halides is 1. The topological polar surface area (TPSA) is 35.0 Å². The fourth-order valence-electron chi connectivity index (χ4n) is 1.04. The Bertz CT molecular complexity index is 339. The Morgan fingerprint density at radius 3 is 2.80 bits per heavy atom. The van der Waals surface area contributed by atoms with Crippen molar-refractivity contribution in [2.45, 2.75) is 25.6 Å². The average Bonchev–Trinajstić information content (AvgIpc) is 2.25. The standard InChI is InChI=1S/C11H15ClN2O/c1-4-5-15-10-6-9(7-12)13-11(14-10)8(2)3/h4,6,8H,1,5,7H2,2-3H3. The lowest BCUT2D eigenvalue weighted by atomic mass is 10.2. The normalized spacial score (nSPS) is 10.4. The van der Waals surface area contributed by atoms with Crippen molar-refractivity contribution in [1.29, 1.82) is 0 Å². The van der Waals surface area contributed by atoms with E-state index in [0.29, 0.717) is 18.4 Å². The molecule has 1 rings (SSSR count). The molecule has 15 heavy (non-hydrogen) atoms. The van der Waals surface area contributed by atoms with Gasteiger partial charge in [-0.25, -0.2) is 4.98 Å². The third-order valence-electron chi connectivity index (χ3n) is 1.78. The van der Waals surface area contributed by atoms with Gasteiger partial charge in [0.1, 0.15) is 12.4 Å². The van der Waals surface area contributed by atoms with Crippen molar-refractivity contribution in [3.63, 3.8) is 0 Å². The predicted octanol–water partition coefficient (Wildman–Crippen LogP) is 2.90. The summed E-state index contributed by atoms with van der Waals surface area (Å²) in [6.45, 7) is 8.09. The molecule has 0 aliphatic carbocycles. The number of aromatic nitrogens is 2. The molecule has 3 nitrogen and oxygen atoms in total. The Morgan fingerprint density at radius 1 is 1.53 bits per heavy atom. The van der Waals surface area contributed by atoms with Crippen molar-refractivity contribution < 1.29 is 4.74 Å². The van der Waals surface area contributed by atoms with Gasteiger partial charge in [-0.05, 0) is 0 Å². The van der Waals surface area contributed by atoms with Crippen molar-refractivity contribution in [1.82, 2.24) is 9.97 Å². The first kappa shape index (κ1) is 12.0. The van der Waals surface area contributed by atoms with E-state index in [1.807, 2.05) is 13.8 Å². The van der Waals surface area contributed by atoms with Crippen LogP contribution in [0.15, 0.2) is 18.7 Å². The number of ether oxygens (including phenoxy) is 1. The maximum absolute atomic E-state index is 5.74. The summed E-state index contributed by atoms with van der Waals surface area (Å²) in [5.41, 5.74) is 0.787. The Kier molecular flexibility index (Phi) is 4.56. The third-order valence-corrected chi connectivity index (χ3v) is 2.05. The summed E-state index contributed by atoms with van der Waals surface area (Å²) in [5.74, 6) is 1.95. The Labute approximate surface area is 95.2 Å². The number of rotatable bonds is 5. The molecule has 0 N–H and O–H groups in total. The summed E-state index contributed by atoms with van der Waals surface area (Å²) in [4.78, 5) is 8.59. The van der Waals surface area contributed by atoms with E-state index in [2.05, 4.69) is 16.5 Å². The maximum Gasteiger partial charge on any atom is 0.217 e. The monoisotopic (exact) mass is 226 g/mol. The largest absolute Gasteiger partial charge is 0.473 e. The molecule has 0 spiro atoms. The Hall–Kier alpha value is -1.09. The van der Waals surface area contributed by atoms with Crippen LogP contribution >= 0.6 is 11.6 Å². The van der Waals surface area contributed by atoms with Crippen LogP contribution in [0, 0.1) is 0 Å². The number of halogens is 1. The number of hydrogen-bond acceptors (Lipinski definition) is 3. The molecule has 0 fully saturated rings. The molecular formula is C11H15ClN2O. The SMILES string of the molecule is C=CCOc1cc(CCl)nc(C(C)C)n1. The zero-order valence-corrected chi connectivity index (χ0v) is 9.79. The van der Waals surface area contributed by atoms with Gasteiger partial charge in [0.15, 0.2) is 0 Å². The first-order valence-electron chi connectivity index (χ1n) is 4.85. The van der Waals surface area contributed by atoms with Crippen molar-refractivity contribution in [2.75, 3.05) is 6.61 Å². The quantitative estimate of drug-likeness (QED) is 0.572. The minimum absolute atomic E-state index is 0.263. The van der Waals surface area contributed by atoms with Crippen LogP contribution in [0.4, 0.5) is 0 Å². The summed E-state index contributed by atoms with van der Waals surface area (Å²) >= 11 is 5.74. The number of hydrogen-bond donors (Lipinski definition) is 0. The van der Waals surface area contributed by atoms with E-state index in [9.17, 15) is 0 Å². The van der Waals surface area contributed by atoms with Gasteiger partial charge in [-0.2, -0.15) is 4.98 Å². The van der Waals surface area contributed by atoms with Crippen LogP contribution in [0.25, 0.3) is 0 Å². The molecule has 0 saturated heterocycles. The molecule has 0 atom stereocenters. The smallest absolute Gasteiger partial charge is 0.217 e. The lowest BCUT2D eigenvalue weighted by Crippen LogP contribution is -2.04. The molecule has 0 aromatic carbocycles. The molecule has 1 heterocycles. The Balaban J connectivity index is 2.94. The summed E-state index contributed by atoms with van der Waals surface area (Å²) in [5, 5.41) is 0. The molecule has 0 unspecified atom stereocenters. The lowest BCUT2D eigenvalue weighted by molar-refractivity contribution is 0.345. The van der Waals surface area contributed by atoms with Crippen LogP contribution in [0.2, 0.25) is 0 Å². The molecule has 1 aromatic rings.